The van der Waals surface area contributed by atoms with Crippen LogP contribution in [0.2, 0.25) is 5.02 Å². The van der Waals surface area contributed by atoms with E-state index < -0.39 is 18.5 Å². The number of halogens is 1. The third kappa shape index (κ3) is 6.28. The molecule has 2 aromatic rings. The van der Waals surface area contributed by atoms with Gasteiger partial charge in [0.15, 0.2) is 6.61 Å². The van der Waals surface area contributed by atoms with E-state index in [-0.39, 0.29) is 18.9 Å². The van der Waals surface area contributed by atoms with E-state index in [0.29, 0.717) is 22.0 Å². The van der Waals surface area contributed by atoms with Gasteiger partial charge in [-0.1, -0.05) is 23.7 Å². The molecule has 2 amide bonds. The molecular weight excluding hydrogens is 384 g/mol. The van der Waals surface area contributed by atoms with Crippen molar-refractivity contribution in [3.63, 3.8) is 0 Å². The van der Waals surface area contributed by atoms with Crippen LogP contribution in [0, 0.1) is 6.92 Å². The van der Waals surface area contributed by atoms with E-state index in [4.69, 9.17) is 21.1 Å². The maximum Gasteiger partial charge on any atom is 0.308 e. The van der Waals surface area contributed by atoms with Crippen molar-refractivity contribution in [2.24, 2.45) is 0 Å². The van der Waals surface area contributed by atoms with Gasteiger partial charge in [0.1, 0.15) is 5.75 Å². The molecule has 28 heavy (non-hydrogen) atoms. The minimum Gasteiger partial charge on any atom is -0.496 e. The number of carbonyl (C=O) groups is 3. The fourth-order valence-electron chi connectivity index (χ4n) is 2.38. The smallest absolute Gasteiger partial charge is 0.308 e. The summed E-state index contributed by atoms with van der Waals surface area (Å²) in [5.74, 6) is -0.974. The molecule has 0 heterocycles. The van der Waals surface area contributed by atoms with Crippen molar-refractivity contribution in [3.05, 3.63) is 58.6 Å². The summed E-state index contributed by atoms with van der Waals surface area (Å²) in [5, 5.41) is 5.82. The maximum absolute atomic E-state index is 12.1. The summed E-state index contributed by atoms with van der Waals surface area (Å²) in [7, 11) is 1.47. The van der Waals surface area contributed by atoms with Crippen LogP contribution in [0.3, 0.4) is 0 Å². The Hall–Kier alpha value is -3.06. The predicted molar refractivity (Wildman–Crippen MR) is 106 cm³/mol. The van der Waals surface area contributed by atoms with Gasteiger partial charge in [-0.15, -0.1) is 0 Å². The highest BCUT2D eigenvalue weighted by atomic mass is 35.5. The second kappa shape index (κ2) is 10.3. The molecule has 0 aliphatic rings. The van der Waals surface area contributed by atoms with Crippen molar-refractivity contribution in [2.45, 2.75) is 13.3 Å². The standard InChI is InChI=1S/C20H21ClN2O5/c1-13-11-14(21)7-8-16(13)23-18(24)12-28-19(25)9-10-22-20(26)15-5-3-4-6-17(15)27-2/h3-8,11H,9-10,12H2,1-2H3,(H,22,26)(H,23,24). The number of hydrogen-bond donors (Lipinski definition) is 2. The molecule has 0 radical (unpaired) electrons. The van der Waals surface area contributed by atoms with Gasteiger partial charge >= 0.3 is 5.97 Å². The third-order valence-electron chi connectivity index (χ3n) is 3.79. The van der Waals surface area contributed by atoms with Gasteiger partial charge < -0.3 is 20.1 Å². The van der Waals surface area contributed by atoms with Crippen LogP contribution >= 0.6 is 11.6 Å². The van der Waals surface area contributed by atoms with Gasteiger partial charge in [0.2, 0.25) is 0 Å². The van der Waals surface area contributed by atoms with Crippen LogP contribution in [0.5, 0.6) is 5.75 Å². The number of rotatable bonds is 8. The molecule has 2 aromatic carbocycles. The Morgan fingerprint density at radius 3 is 2.57 bits per heavy atom. The number of esters is 1. The molecular formula is C20H21ClN2O5. The van der Waals surface area contributed by atoms with E-state index in [1.54, 1.807) is 49.4 Å². The van der Waals surface area contributed by atoms with Gasteiger partial charge in [0.05, 0.1) is 19.1 Å². The normalized spacial score (nSPS) is 10.1. The molecule has 0 fully saturated rings. The second-order valence-electron chi connectivity index (χ2n) is 5.87. The molecule has 0 bridgehead atoms. The number of ether oxygens (including phenoxy) is 2. The molecule has 8 heteroatoms. The first-order valence-corrected chi connectivity index (χ1v) is 8.91. The van der Waals surface area contributed by atoms with Crippen LogP contribution in [0.15, 0.2) is 42.5 Å². The average Bonchev–Trinajstić information content (AvgIpc) is 2.68. The molecule has 0 unspecified atom stereocenters. The lowest BCUT2D eigenvalue weighted by atomic mass is 10.2. The number of methoxy groups -OCH3 is 1. The molecule has 0 spiro atoms. The Morgan fingerprint density at radius 2 is 1.86 bits per heavy atom. The van der Waals surface area contributed by atoms with Crippen LogP contribution in [0.4, 0.5) is 5.69 Å². The minimum atomic E-state index is -0.594. The Kier molecular flexibility index (Phi) is 7.83. The summed E-state index contributed by atoms with van der Waals surface area (Å²) in [6, 6.07) is 11.8. The molecule has 2 rings (SSSR count). The number of hydrogen-bond acceptors (Lipinski definition) is 5. The number of benzene rings is 2. The summed E-state index contributed by atoms with van der Waals surface area (Å²) in [5.41, 5.74) is 1.76. The Balaban J connectivity index is 1.72. The van der Waals surface area contributed by atoms with Gasteiger partial charge in [0, 0.05) is 17.3 Å². The Morgan fingerprint density at radius 1 is 1.11 bits per heavy atom. The fourth-order valence-corrected chi connectivity index (χ4v) is 2.60. The molecule has 0 aromatic heterocycles. The summed E-state index contributed by atoms with van der Waals surface area (Å²) in [4.78, 5) is 35.8. The van der Waals surface area contributed by atoms with Gasteiger partial charge in [-0.2, -0.15) is 0 Å². The van der Waals surface area contributed by atoms with E-state index in [1.807, 2.05) is 0 Å². The minimum absolute atomic E-state index is 0.0614. The lowest BCUT2D eigenvalue weighted by molar-refractivity contribution is -0.147. The van der Waals surface area contributed by atoms with Gasteiger partial charge in [0.25, 0.3) is 11.8 Å². The van der Waals surface area contributed by atoms with E-state index in [2.05, 4.69) is 10.6 Å². The fraction of sp³-hybridized carbons (Fsp3) is 0.250. The van der Waals surface area contributed by atoms with Crippen molar-refractivity contribution in [1.82, 2.24) is 5.32 Å². The number of aryl methyl sites for hydroxylation is 1. The van der Waals surface area contributed by atoms with E-state index in [0.717, 1.165) is 5.56 Å². The largest absolute Gasteiger partial charge is 0.496 e. The van der Waals surface area contributed by atoms with E-state index in [9.17, 15) is 14.4 Å². The Bertz CT molecular complexity index is 869. The van der Waals surface area contributed by atoms with Crippen molar-refractivity contribution < 1.29 is 23.9 Å². The highest BCUT2D eigenvalue weighted by Gasteiger charge is 2.13. The lowest BCUT2D eigenvalue weighted by Gasteiger charge is -2.10. The van der Waals surface area contributed by atoms with Crippen LogP contribution in [0.1, 0.15) is 22.3 Å². The number of anilines is 1. The first-order chi connectivity index (χ1) is 13.4. The lowest BCUT2D eigenvalue weighted by Crippen LogP contribution is -2.28. The number of nitrogens with one attached hydrogen (secondary N) is 2. The molecule has 0 saturated heterocycles. The average molecular weight is 405 g/mol. The summed E-state index contributed by atoms with van der Waals surface area (Å²) < 4.78 is 10.0. The van der Waals surface area contributed by atoms with Gasteiger partial charge in [-0.25, -0.2) is 0 Å². The van der Waals surface area contributed by atoms with Gasteiger partial charge in [-0.05, 0) is 42.8 Å². The zero-order valence-electron chi connectivity index (χ0n) is 15.6. The molecule has 7 nitrogen and oxygen atoms in total. The van der Waals surface area contributed by atoms with Crippen LogP contribution in [-0.4, -0.2) is 38.0 Å². The molecule has 2 N–H and O–H groups in total. The zero-order chi connectivity index (χ0) is 20.5. The van der Waals surface area contributed by atoms with E-state index >= 15 is 0 Å². The summed E-state index contributed by atoms with van der Waals surface area (Å²) >= 11 is 5.86. The molecule has 0 aliphatic heterocycles. The number of para-hydroxylation sites is 1. The highest BCUT2D eigenvalue weighted by molar-refractivity contribution is 6.30. The third-order valence-corrected chi connectivity index (χ3v) is 4.03. The Labute approximate surface area is 168 Å². The SMILES string of the molecule is COc1ccccc1C(=O)NCCC(=O)OCC(=O)Nc1ccc(Cl)cc1C. The van der Waals surface area contributed by atoms with Crippen molar-refractivity contribution >= 4 is 35.1 Å². The van der Waals surface area contributed by atoms with E-state index in [1.165, 1.54) is 7.11 Å². The number of carbonyl (C=O) groups excluding carboxylic acids is 3. The van der Waals surface area contributed by atoms with Crippen LogP contribution in [-0.2, 0) is 14.3 Å². The van der Waals surface area contributed by atoms with Crippen LogP contribution in [0.25, 0.3) is 0 Å². The second-order valence-corrected chi connectivity index (χ2v) is 6.31. The topological polar surface area (TPSA) is 93.7 Å². The number of amides is 2. The van der Waals surface area contributed by atoms with Gasteiger partial charge in [-0.3, -0.25) is 14.4 Å². The van der Waals surface area contributed by atoms with Crippen molar-refractivity contribution in [3.8, 4) is 5.75 Å². The van der Waals surface area contributed by atoms with Crippen LogP contribution < -0.4 is 15.4 Å². The van der Waals surface area contributed by atoms with Crippen molar-refractivity contribution in [2.75, 3.05) is 25.6 Å². The first kappa shape index (κ1) is 21.2. The molecule has 0 saturated carbocycles. The monoisotopic (exact) mass is 404 g/mol. The molecule has 0 atom stereocenters. The highest BCUT2D eigenvalue weighted by Crippen LogP contribution is 2.19. The van der Waals surface area contributed by atoms with Crippen molar-refractivity contribution in [1.29, 1.82) is 0 Å². The maximum atomic E-state index is 12.1. The molecule has 0 aliphatic carbocycles. The summed E-state index contributed by atoms with van der Waals surface area (Å²) in [6.45, 7) is 1.47. The molecule has 148 valence electrons. The quantitative estimate of drug-likeness (QED) is 0.660. The first-order valence-electron chi connectivity index (χ1n) is 8.53. The zero-order valence-corrected chi connectivity index (χ0v) is 16.3. The predicted octanol–water partition coefficient (Wildman–Crippen LogP) is 2.96. The summed E-state index contributed by atoms with van der Waals surface area (Å²) in [6.07, 6.45) is -0.0614.